The molecule has 2 aromatic carbocycles. The second-order valence-electron chi connectivity index (χ2n) is 6.45. The Bertz CT molecular complexity index is 891. The largest absolute Gasteiger partial charge is 0.322 e. The summed E-state index contributed by atoms with van der Waals surface area (Å²) in [5, 5.41) is 2.63. The van der Waals surface area contributed by atoms with E-state index in [4.69, 9.17) is 0 Å². The van der Waals surface area contributed by atoms with Gasteiger partial charge in [-0.15, -0.1) is 0 Å². The van der Waals surface area contributed by atoms with E-state index < -0.39 is 21.7 Å². The molecule has 2 aromatic rings. The number of carbonyl (C=O) groups excluding carboxylic acids is 1. The summed E-state index contributed by atoms with van der Waals surface area (Å²) in [4.78, 5) is 12.5. The van der Waals surface area contributed by atoms with Crippen LogP contribution in [0.3, 0.4) is 0 Å². The molecule has 138 valence electrons. The molecule has 0 heterocycles. The van der Waals surface area contributed by atoms with Gasteiger partial charge in [0.2, 0.25) is 10.0 Å². The second-order valence-corrected chi connectivity index (χ2v) is 8.45. The first-order valence-electron chi connectivity index (χ1n) is 8.53. The monoisotopic (exact) mass is 376 g/mol. The SMILES string of the molecule is CN(C1CCCC1)S(=O)(=O)c1cccc(C(=O)Nc2ccc(F)cc2)c1. The van der Waals surface area contributed by atoms with Gasteiger partial charge in [-0.05, 0) is 55.3 Å². The molecule has 0 radical (unpaired) electrons. The van der Waals surface area contributed by atoms with Crippen LogP contribution in [-0.4, -0.2) is 31.7 Å². The molecule has 0 bridgehead atoms. The minimum atomic E-state index is -3.65. The highest BCUT2D eigenvalue weighted by Gasteiger charge is 2.30. The fourth-order valence-electron chi connectivity index (χ4n) is 3.16. The third-order valence-corrected chi connectivity index (χ3v) is 6.62. The minimum Gasteiger partial charge on any atom is -0.322 e. The molecule has 1 aliphatic carbocycles. The number of nitrogens with zero attached hydrogens (tertiary/aromatic N) is 1. The molecule has 26 heavy (non-hydrogen) atoms. The summed E-state index contributed by atoms with van der Waals surface area (Å²) in [6.07, 6.45) is 3.79. The van der Waals surface area contributed by atoms with E-state index in [-0.39, 0.29) is 16.5 Å². The van der Waals surface area contributed by atoms with Crippen molar-refractivity contribution in [1.82, 2.24) is 4.31 Å². The van der Waals surface area contributed by atoms with E-state index in [0.717, 1.165) is 25.7 Å². The molecule has 5 nitrogen and oxygen atoms in total. The standard InChI is InChI=1S/C19H21FN2O3S/c1-22(17-6-2-3-7-17)26(24,25)18-8-4-5-14(13-18)19(23)21-16-11-9-15(20)10-12-16/h4-5,8-13,17H,2-3,6-7H2,1H3,(H,21,23). The maximum absolute atomic E-state index is 13.0. The van der Waals surface area contributed by atoms with E-state index in [1.165, 1.54) is 40.7 Å². The van der Waals surface area contributed by atoms with Crippen molar-refractivity contribution < 1.29 is 17.6 Å². The van der Waals surface area contributed by atoms with Crippen LogP contribution in [0.5, 0.6) is 0 Å². The minimum absolute atomic E-state index is 0.0108. The zero-order chi connectivity index (χ0) is 18.7. The Labute approximate surface area is 152 Å². The molecule has 0 spiro atoms. The van der Waals surface area contributed by atoms with Crippen molar-refractivity contribution >= 4 is 21.6 Å². The molecule has 0 atom stereocenters. The Hall–Kier alpha value is -2.25. The van der Waals surface area contributed by atoms with Crippen LogP contribution in [0, 0.1) is 5.82 Å². The van der Waals surface area contributed by atoms with Gasteiger partial charge in [-0.25, -0.2) is 12.8 Å². The van der Waals surface area contributed by atoms with Gasteiger partial charge >= 0.3 is 0 Å². The zero-order valence-corrected chi connectivity index (χ0v) is 15.3. The summed E-state index contributed by atoms with van der Waals surface area (Å²) in [7, 11) is -2.06. The number of benzene rings is 2. The van der Waals surface area contributed by atoms with Gasteiger partial charge in [-0.2, -0.15) is 4.31 Å². The highest BCUT2D eigenvalue weighted by molar-refractivity contribution is 7.89. The van der Waals surface area contributed by atoms with E-state index in [1.807, 2.05) is 0 Å². The average Bonchev–Trinajstić information content (AvgIpc) is 3.17. The number of amides is 1. The fourth-order valence-corrected chi connectivity index (χ4v) is 4.63. The molecular formula is C19H21FN2O3S. The molecule has 0 aromatic heterocycles. The first-order chi connectivity index (χ1) is 12.4. The molecule has 1 amide bonds. The second kappa shape index (κ2) is 7.55. The van der Waals surface area contributed by atoms with Crippen LogP contribution >= 0.6 is 0 Å². The molecule has 1 aliphatic rings. The molecule has 0 saturated heterocycles. The number of nitrogens with one attached hydrogen (secondary N) is 1. The quantitative estimate of drug-likeness (QED) is 0.866. The van der Waals surface area contributed by atoms with Crippen LogP contribution in [0.1, 0.15) is 36.0 Å². The Morgan fingerprint density at radius 1 is 1.12 bits per heavy atom. The van der Waals surface area contributed by atoms with Crippen molar-refractivity contribution in [2.24, 2.45) is 0 Å². The van der Waals surface area contributed by atoms with E-state index in [2.05, 4.69) is 5.32 Å². The third kappa shape index (κ3) is 3.94. The number of rotatable bonds is 5. The summed E-state index contributed by atoms with van der Waals surface area (Å²) < 4.78 is 40.0. The van der Waals surface area contributed by atoms with E-state index in [9.17, 15) is 17.6 Å². The summed E-state index contributed by atoms with van der Waals surface area (Å²) >= 11 is 0. The zero-order valence-electron chi connectivity index (χ0n) is 14.5. The Kier molecular flexibility index (Phi) is 5.38. The van der Waals surface area contributed by atoms with Gasteiger partial charge in [0, 0.05) is 24.3 Å². The average molecular weight is 376 g/mol. The number of sulfonamides is 1. The van der Waals surface area contributed by atoms with Gasteiger partial charge in [0.05, 0.1) is 4.90 Å². The van der Waals surface area contributed by atoms with Crippen LogP contribution in [0.25, 0.3) is 0 Å². The van der Waals surface area contributed by atoms with Crippen LogP contribution in [0.4, 0.5) is 10.1 Å². The smallest absolute Gasteiger partial charge is 0.255 e. The lowest BCUT2D eigenvalue weighted by Crippen LogP contribution is -2.35. The summed E-state index contributed by atoms with van der Waals surface area (Å²) in [5.41, 5.74) is 0.669. The first kappa shape index (κ1) is 18.5. The normalized spacial score (nSPS) is 15.3. The molecule has 0 aliphatic heterocycles. The summed E-state index contributed by atoms with van der Waals surface area (Å²) in [5.74, 6) is -0.844. The molecule has 1 N–H and O–H groups in total. The van der Waals surface area contributed by atoms with Crippen molar-refractivity contribution in [3.63, 3.8) is 0 Å². The lowest BCUT2D eigenvalue weighted by atomic mass is 10.2. The van der Waals surface area contributed by atoms with Gasteiger partial charge < -0.3 is 5.32 Å². The van der Waals surface area contributed by atoms with Gasteiger partial charge in [-0.3, -0.25) is 4.79 Å². The maximum atomic E-state index is 13.0. The highest BCUT2D eigenvalue weighted by Crippen LogP contribution is 2.27. The molecule has 3 rings (SSSR count). The van der Waals surface area contributed by atoms with Crippen LogP contribution in [-0.2, 0) is 10.0 Å². The molecule has 1 saturated carbocycles. The number of halogens is 1. The lowest BCUT2D eigenvalue weighted by molar-refractivity contribution is 0.102. The van der Waals surface area contributed by atoms with Gasteiger partial charge in [0.1, 0.15) is 5.82 Å². The number of anilines is 1. The maximum Gasteiger partial charge on any atom is 0.255 e. The van der Waals surface area contributed by atoms with Crippen LogP contribution in [0.2, 0.25) is 0 Å². The van der Waals surface area contributed by atoms with Crippen LogP contribution < -0.4 is 5.32 Å². The predicted molar refractivity (Wildman–Crippen MR) is 98.0 cm³/mol. The predicted octanol–water partition coefficient (Wildman–Crippen LogP) is 3.64. The molecule has 7 heteroatoms. The van der Waals surface area contributed by atoms with Crippen LogP contribution in [0.15, 0.2) is 53.4 Å². The number of carbonyl (C=O) groups is 1. The number of hydrogen-bond acceptors (Lipinski definition) is 3. The van der Waals surface area contributed by atoms with E-state index in [0.29, 0.717) is 5.69 Å². The van der Waals surface area contributed by atoms with Gasteiger partial charge in [-0.1, -0.05) is 18.9 Å². The van der Waals surface area contributed by atoms with Crippen molar-refractivity contribution in [2.75, 3.05) is 12.4 Å². The Morgan fingerprint density at radius 2 is 1.77 bits per heavy atom. The topological polar surface area (TPSA) is 66.5 Å². The first-order valence-corrected chi connectivity index (χ1v) is 9.97. The summed E-state index contributed by atoms with van der Waals surface area (Å²) in [6.45, 7) is 0. The molecule has 0 unspecified atom stereocenters. The molecular weight excluding hydrogens is 355 g/mol. The van der Waals surface area contributed by atoms with Gasteiger partial charge in [0.15, 0.2) is 0 Å². The fraction of sp³-hybridized carbons (Fsp3) is 0.316. The van der Waals surface area contributed by atoms with E-state index in [1.54, 1.807) is 19.2 Å². The lowest BCUT2D eigenvalue weighted by Gasteiger charge is -2.23. The highest BCUT2D eigenvalue weighted by atomic mass is 32.2. The molecule has 1 fully saturated rings. The van der Waals surface area contributed by atoms with Crippen molar-refractivity contribution in [1.29, 1.82) is 0 Å². The third-order valence-electron chi connectivity index (χ3n) is 4.71. The Morgan fingerprint density at radius 3 is 2.42 bits per heavy atom. The van der Waals surface area contributed by atoms with Crippen molar-refractivity contribution in [2.45, 2.75) is 36.6 Å². The summed E-state index contributed by atoms with van der Waals surface area (Å²) in [6, 6.07) is 11.4. The van der Waals surface area contributed by atoms with Crippen molar-refractivity contribution in [3.05, 3.63) is 59.9 Å². The number of hydrogen-bond donors (Lipinski definition) is 1. The van der Waals surface area contributed by atoms with E-state index >= 15 is 0 Å². The van der Waals surface area contributed by atoms with Gasteiger partial charge in [0.25, 0.3) is 5.91 Å². The Balaban J connectivity index is 1.80. The van der Waals surface area contributed by atoms with Crippen molar-refractivity contribution in [3.8, 4) is 0 Å².